The van der Waals surface area contributed by atoms with Gasteiger partial charge in [-0.15, -0.1) is 0 Å². The first-order valence-corrected chi connectivity index (χ1v) is 9.71. The Kier molecular flexibility index (Phi) is 4.56. The molecule has 0 aliphatic heterocycles. The number of halogens is 2. The summed E-state index contributed by atoms with van der Waals surface area (Å²) >= 11 is 11.1. The zero-order valence-electron chi connectivity index (χ0n) is 13.4. The summed E-state index contributed by atoms with van der Waals surface area (Å²) in [5.74, 6) is 0.554. The van der Waals surface area contributed by atoms with Crippen LogP contribution in [-0.2, 0) is 0 Å². The van der Waals surface area contributed by atoms with Crippen LogP contribution in [-0.4, -0.2) is 16.0 Å². The van der Waals surface area contributed by atoms with Crippen molar-refractivity contribution in [1.82, 2.24) is 9.38 Å². The monoisotopic (exact) mass is 446 g/mol. The fourth-order valence-corrected chi connectivity index (χ4v) is 4.68. The van der Waals surface area contributed by atoms with Crippen LogP contribution in [0.25, 0.3) is 22.1 Å². The standard InChI is InChI=1S/C19H12BrClN2O2S/c1-2-7-25-17-12(20)8-11(9-13(17)21)10-16-18(24)23-15-6-4-3-5-14(15)22-19(23)26-16/h2-6,8-10H,1,7H2/b16-10-. The lowest BCUT2D eigenvalue weighted by atomic mass is 10.2. The topological polar surface area (TPSA) is 43.6 Å². The van der Waals surface area contributed by atoms with Gasteiger partial charge in [0.15, 0.2) is 10.7 Å². The molecule has 4 rings (SSSR count). The van der Waals surface area contributed by atoms with Gasteiger partial charge in [-0.3, -0.25) is 4.79 Å². The maximum absolute atomic E-state index is 12.8. The minimum Gasteiger partial charge on any atom is -0.487 e. The summed E-state index contributed by atoms with van der Waals surface area (Å²) in [6.07, 6.45) is 3.46. The van der Waals surface area contributed by atoms with Crippen molar-refractivity contribution in [3.05, 3.63) is 79.0 Å². The van der Waals surface area contributed by atoms with E-state index in [2.05, 4.69) is 27.5 Å². The summed E-state index contributed by atoms with van der Waals surface area (Å²) in [7, 11) is 0. The predicted molar refractivity (Wildman–Crippen MR) is 110 cm³/mol. The van der Waals surface area contributed by atoms with Gasteiger partial charge in [0, 0.05) is 0 Å². The van der Waals surface area contributed by atoms with Gasteiger partial charge >= 0.3 is 0 Å². The van der Waals surface area contributed by atoms with Gasteiger partial charge in [0.25, 0.3) is 5.56 Å². The van der Waals surface area contributed by atoms with E-state index in [9.17, 15) is 4.79 Å². The summed E-state index contributed by atoms with van der Waals surface area (Å²) in [4.78, 5) is 18.0. The molecule has 130 valence electrons. The van der Waals surface area contributed by atoms with Crippen molar-refractivity contribution in [2.75, 3.05) is 6.61 Å². The molecular formula is C19H12BrClN2O2S. The van der Waals surface area contributed by atoms with Gasteiger partial charge in [0.05, 0.1) is 25.1 Å². The lowest BCUT2D eigenvalue weighted by Crippen LogP contribution is -2.22. The van der Waals surface area contributed by atoms with Crippen LogP contribution in [0.1, 0.15) is 5.56 Å². The van der Waals surface area contributed by atoms with Crippen molar-refractivity contribution in [2.45, 2.75) is 0 Å². The number of aromatic nitrogens is 2. The van der Waals surface area contributed by atoms with Crippen molar-refractivity contribution >= 4 is 60.9 Å². The Labute approximate surface area is 166 Å². The Bertz CT molecular complexity index is 1240. The predicted octanol–water partition coefficient (Wildman–Crippen LogP) is 4.44. The molecular weight excluding hydrogens is 436 g/mol. The molecule has 2 aromatic carbocycles. The molecule has 7 heteroatoms. The second-order valence-electron chi connectivity index (χ2n) is 5.55. The fourth-order valence-electron chi connectivity index (χ4n) is 2.71. The number of hydrogen-bond donors (Lipinski definition) is 0. The first-order chi connectivity index (χ1) is 12.6. The average molecular weight is 448 g/mol. The van der Waals surface area contributed by atoms with Crippen LogP contribution in [0, 0.1) is 0 Å². The average Bonchev–Trinajstić information content (AvgIpc) is 3.11. The summed E-state index contributed by atoms with van der Waals surface area (Å²) in [5.41, 5.74) is 2.35. The maximum atomic E-state index is 12.8. The third-order valence-corrected chi connectivity index (χ3v) is 5.65. The third kappa shape index (κ3) is 2.94. The largest absolute Gasteiger partial charge is 0.487 e. The molecule has 26 heavy (non-hydrogen) atoms. The van der Waals surface area contributed by atoms with Crippen LogP contribution < -0.4 is 14.8 Å². The zero-order chi connectivity index (χ0) is 18.3. The van der Waals surface area contributed by atoms with Gasteiger partial charge in [0.1, 0.15) is 6.61 Å². The highest BCUT2D eigenvalue weighted by atomic mass is 79.9. The molecule has 0 fully saturated rings. The Balaban J connectivity index is 1.85. The normalized spacial score (nSPS) is 12.2. The van der Waals surface area contributed by atoms with Gasteiger partial charge in [-0.2, -0.15) is 0 Å². The molecule has 0 aliphatic carbocycles. The molecule has 4 nitrogen and oxygen atoms in total. The van der Waals surface area contributed by atoms with Crippen molar-refractivity contribution < 1.29 is 4.74 Å². The van der Waals surface area contributed by atoms with Gasteiger partial charge < -0.3 is 4.74 Å². The van der Waals surface area contributed by atoms with Crippen LogP contribution in [0.4, 0.5) is 0 Å². The molecule has 0 N–H and O–H groups in total. The van der Waals surface area contributed by atoms with Gasteiger partial charge in [0.2, 0.25) is 0 Å². The van der Waals surface area contributed by atoms with E-state index in [-0.39, 0.29) is 5.56 Å². The van der Waals surface area contributed by atoms with Crippen LogP contribution in [0.5, 0.6) is 5.75 Å². The number of fused-ring (bicyclic) bond motifs is 3. The third-order valence-electron chi connectivity index (χ3n) is 3.81. The van der Waals surface area contributed by atoms with E-state index in [1.54, 1.807) is 16.5 Å². The second-order valence-corrected chi connectivity index (χ2v) is 7.82. The van der Waals surface area contributed by atoms with Gasteiger partial charge in [-0.1, -0.05) is 47.7 Å². The van der Waals surface area contributed by atoms with Crippen molar-refractivity contribution in [1.29, 1.82) is 0 Å². The summed E-state index contributed by atoms with van der Waals surface area (Å²) < 4.78 is 8.51. The van der Waals surface area contributed by atoms with Gasteiger partial charge in [-0.25, -0.2) is 9.38 Å². The van der Waals surface area contributed by atoms with Crippen molar-refractivity contribution in [2.24, 2.45) is 0 Å². The number of thiazole rings is 1. The van der Waals surface area contributed by atoms with Crippen molar-refractivity contribution in [3.8, 4) is 5.75 Å². The Morgan fingerprint density at radius 2 is 2.15 bits per heavy atom. The number of imidazole rings is 1. The molecule has 0 radical (unpaired) electrons. The summed E-state index contributed by atoms with van der Waals surface area (Å²) in [6, 6.07) is 11.2. The van der Waals surface area contributed by atoms with E-state index < -0.39 is 0 Å². The molecule has 0 bridgehead atoms. The second kappa shape index (κ2) is 6.87. The van der Waals surface area contributed by atoms with E-state index in [0.717, 1.165) is 21.1 Å². The van der Waals surface area contributed by atoms with E-state index in [1.165, 1.54) is 11.3 Å². The summed E-state index contributed by atoms with van der Waals surface area (Å²) in [6.45, 7) is 3.99. The highest BCUT2D eigenvalue weighted by Gasteiger charge is 2.12. The van der Waals surface area contributed by atoms with Crippen LogP contribution in [0.3, 0.4) is 0 Å². The molecule has 0 aliphatic rings. The minimum absolute atomic E-state index is 0.0853. The first kappa shape index (κ1) is 17.3. The van der Waals surface area contributed by atoms with E-state index in [1.807, 2.05) is 36.4 Å². The highest BCUT2D eigenvalue weighted by molar-refractivity contribution is 9.10. The molecule has 0 saturated heterocycles. The number of rotatable bonds is 4. The fraction of sp³-hybridized carbons (Fsp3) is 0.0526. The molecule has 0 spiro atoms. The smallest absolute Gasteiger partial charge is 0.274 e. The SMILES string of the molecule is C=CCOc1c(Cl)cc(/C=c2\sc3nc4ccccc4n3c2=O)cc1Br. The minimum atomic E-state index is -0.0853. The van der Waals surface area contributed by atoms with Crippen LogP contribution in [0.2, 0.25) is 5.02 Å². The lowest BCUT2D eigenvalue weighted by Gasteiger charge is -2.09. The first-order valence-electron chi connectivity index (χ1n) is 7.73. The van der Waals surface area contributed by atoms with E-state index >= 15 is 0 Å². The van der Waals surface area contributed by atoms with E-state index in [4.69, 9.17) is 16.3 Å². The number of hydrogen-bond acceptors (Lipinski definition) is 4. The molecule has 4 aromatic rings. The molecule has 0 saturated carbocycles. The number of ether oxygens (including phenoxy) is 1. The Morgan fingerprint density at radius 1 is 1.35 bits per heavy atom. The quantitative estimate of drug-likeness (QED) is 0.435. The number of nitrogens with zero attached hydrogens (tertiary/aromatic N) is 2. The number of benzene rings is 2. The molecule has 2 heterocycles. The maximum Gasteiger partial charge on any atom is 0.274 e. The Hall–Kier alpha value is -2.15. The van der Waals surface area contributed by atoms with Gasteiger partial charge in [-0.05, 0) is 51.8 Å². The lowest BCUT2D eigenvalue weighted by molar-refractivity contribution is 0.361. The van der Waals surface area contributed by atoms with Crippen molar-refractivity contribution in [3.63, 3.8) is 0 Å². The van der Waals surface area contributed by atoms with Crippen LogP contribution >= 0.6 is 38.9 Å². The molecule has 0 atom stereocenters. The number of para-hydroxylation sites is 2. The van der Waals surface area contributed by atoms with Crippen LogP contribution in [0.15, 0.2) is 58.3 Å². The zero-order valence-corrected chi connectivity index (χ0v) is 16.6. The Morgan fingerprint density at radius 3 is 2.92 bits per heavy atom. The highest BCUT2D eigenvalue weighted by Crippen LogP contribution is 2.34. The molecule has 0 amide bonds. The summed E-state index contributed by atoms with van der Waals surface area (Å²) in [5, 5.41) is 0.465. The molecule has 0 unspecified atom stereocenters. The molecule has 2 aromatic heterocycles. The van der Waals surface area contributed by atoms with E-state index in [0.29, 0.717) is 26.9 Å².